The summed E-state index contributed by atoms with van der Waals surface area (Å²) < 4.78 is 5.87. The third-order valence-electron chi connectivity index (χ3n) is 5.58. The Balaban J connectivity index is 1.78. The molecule has 0 unspecified atom stereocenters. The van der Waals surface area contributed by atoms with Crippen LogP contribution in [0.15, 0.2) is 24.3 Å². The molecule has 2 rings (SSSR count). The molecule has 5 atom stereocenters. The molecule has 0 aromatic carbocycles. The number of aliphatic hydroxyl groups excluding tert-OH is 1. The average Bonchev–Trinajstić information content (AvgIpc) is 3.17. The number of carbonyl (C=O) groups is 1. The predicted octanol–water partition coefficient (Wildman–Crippen LogP) is 4.34. The number of aliphatic hydroxyl groups is 1. The largest absolute Gasteiger partial charge is 0.481 e. The van der Waals surface area contributed by atoms with Crippen LogP contribution in [-0.2, 0) is 9.53 Å². The normalized spacial score (nSPS) is 29.8. The number of allylic oxidation sites excluding steroid dienone is 2. The van der Waals surface area contributed by atoms with Crippen molar-refractivity contribution in [2.75, 3.05) is 6.61 Å². The van der Waals surface area contributed by atoms with Crippen molar-refractivity contribution in [2.45, 2.75) is 76.9 Å². The van der Waals surface area contributed by atoms with Crippen molar-refractivity contribution in [2.24, 2.45) is 17.8 Å². The second-order valence-corrected chi connectivity index (χ2v) is 7.55. The van der Waals surface area contributed by atoms with Crippen LogP contribution >= 0.6 is 0 Å². The lowest BCUT2D eigenvalue weighted by atomic mass is 9.84. The summed E-state index contributed by atoms with van der Waals surface area (Å²) in [7, 11) is 0. The first-order chi connectivity index (χ1) is 12.1. The second kappa shape index (κ2) is 10.8. The van der Waals surface area contributed by atoms with Gasteiger partial charge in [-0.05, 0) is 43.9 Å². The van der Waals surface area contributed by atoms with Crippen molar-refractivity contribution in [3.8, 4) is 0 Å². The van der Waals surface area contributed by atoms with Crippen LogP contribution in [0.4, 0.5) is 0 Å². The van der Waals surface area contributed by atoms with Gasteiger partial charge in [0.2, 0.25) is 0 Å². The van der Waals surface area contributed by atoms with E-state index in [1.54, 1.807) is 0 Å². The summed E-state index contributed by atoms with van der Waals surface area (Å²) in [6.45, 7) is 3.04. The van der Waals surface area contributed by atoms with Gasteiger partial charge < -0.3 is 14.9 Å². The van der Waals surface area contributed by atoms with Crippen molar-refractivity contribution in [1.29, 1.82) is 0 Å². The Labute approximate surface area is 152 Å². The Kier molecular flexibility index (Phi) is 8.70. The SMILES string of the molecule is CCCCC[C@H](O)/C=C\[C@@H]1[C@@H](C/C=C\CCCC(=O)O)[C@H]2CO[C@@H]1C2. The lowest BCUT2D eigenvalue weighted by Gasteiger charge is -2.28. The van der Waals surface area contributed by atoms with Gasteiger partial charge in [0.05, 0.1) is 18.8 Å². The second-order valence-electron chi connectivity index (χ2n) is 7.55. The molecule has 25 heavy (non-hydrogen) atoms. The van der Waals surface area contributed by atoms with Crippen LogP contribution in [0.25, 0.3) is 0 Å². The number of aliphatic carboxylic acids is 1. The summed E-state index contributed by atoms with van der Waals surface area (Å²) in [6, 6.07) is 0. The molecule has 2 N–H and O–H groups in total. The number of carboxylic acids is 1. The molecule has 2 fully saturated rings. The molecule has 4 nitrogen and oxygen atoms in total. The quantitative estimate of drug-likeness (QED) is 0.406. The Morgan fingerprint density at radius 2 is 2.12 bits per heavy atom. The zero-order chi connectivity index (χ0) is 18.1. The third-order valence-corrected chi connectivity index (χ3v) is 5.58. The first kappa shape index (κ1) is 20.2. The van der Waals surface area contributed by atoms with Crippen molar-refractivity contribution in [1.82, 2.24) is 0 Å². The Morgan fingerprint density at radius 1 is 1.28 bits per heavy atom. The number of unbranched alkanes of at least 4 members (excludes halogenated alkanes) is 3. The molecule has 0 amide bonds. The maximum atomic E-state index is 10.5. The van der Waals surface area contributed by atoms with Crippen molar-refractivity contribution in [3.05, 3.63) is 24.3 Å². The molecule has 0 radical (unpaired) electrons. The lowest BCUT2D eigenvalue weighted by Crippen LogP contribution is -2.27. The van der Waals surface area contributed by atoms with Crippen molar-refractivity contribution >= 4 is 5.97 Å². The van der Waals surface area contributed by atoms with Gasteiger partial charge in [-0.2, -0.15) is 0 Å². The zero-order valence-electron chi connectivity index (χ0n) is 15.5. The summed E-state index contributed by atoms with van der Waals surface area (Å²) in [6.07, 6.45) is 16.7. The number of hydrogen-bond acceptors (Lipinski definition) is 3. The molecular formula is C21H34O4. The van der Waals surface area contributed by atoms with Gasteiger partial charge in [-0.3, -0.25) is 4.79 Å². The molecule has 2 bridgehead atoms. The topological polar surface area (TPSA) is 66.8 Å². The highest BCUT2D eigenvalue weighted by Gasteiger charge is 2.46. The maximum absolute atomic E-state index is 10.5. The Hall–Kier alpha value is -1.13. The molecule has 1 aliphatic carbocycles. The Morgan fingerprint density at radius 3 is 2.88 bits per heavy atom. The highest BCUT2D eigenvalue weighted by Crippen LogP contribution is 2.47. The summed E-state index contributed by atoms with van der Waals surface area (Å²) in [4.78, 5) is 10.5. The standard InChI is InChI=1S/C21H34O4/c1-2-3-6-9-17(22)12-13-19-18(16-14-20(19)25-15-16)10-7-4-5-8-11-21(23)24/h4,7,12-13,16-20,22H,2-3,5-6,8-11,14-15H2,1H3,(H,23,24)/b7-4-,13-12-/t16-,17+,18+,19-,20-/m1/s1. The van der Waals surface area contributed by atoms with E-state index in [4.69, 9.17) is 9.84 Å². The molecule has 1 heterocycles. The van der Waals surface area contributed by atoms with Gasteiger partial charge in [0.1, 0.15) is 0 Å². The van der Waals surface area contributed by atoms with E-state index >= 15 is 0 Å². The van der Waals surface area contributed by atoms with Gasteiger partial charge in [-0.15, -0.1) is 0 Å². The van der Waals surface area contributed by atoms with Crippen molar-refractivity contribution < 1.29 is 19.7 Å². The fraction of sp³-hybridized carbons (Fsp3) is 0.762. The monoisotopic (exact) mass is 350 g/mol. The summed E-state index contributed by atoms with van der Waals surface area (Å²) >= 11 is 0. The average molecular weight is 350 g/mol. The van der Waals surface area contributed by atoms with Gasteiger partial charge in [0, 0.05) is 12.3 Å². The number of ether oxygens (including phenoxy) is 1. The van der Waals surface area contributed by atoms with E-state index in [2.05, 4.69) is 25.2 Å². The van der Waals surface area contributed by atoms with E-state index in [1.807, 2.05) is 6.08 Å². The smallest absolute Gasteiger partial charge is 0.303 e. The van der Waals surface area contributed by atoms with E-state index in [0.29, 0.717) is 30.3 Å². The van der Waals surface area contributed by atoms with Crippen LogP contribution in [0, 0.1) is 17.8 Å². The van der Waals surface area contributed by atoms with E-state index in [0.717, 1.165) is 38.7 Å². The van der Waals surface area contributed by atoms with Crippen LogP contribution in [0.1, 0.15) is 64.7 Å². The van der Waals surface area contributed by atoms with Crippen LogP contribution in [-0.4, -0.2) is 35.0 Å². The molecule has 1 saturated carbocycles. The summed E-state index contributed by atoms with van der Waals surface area (Å²) in [5, 5.41) is 18.8. The third kappa shape index (κ3) is 6.59. The molecule has 1 saturated heterocycles. The maximum Gasteiger partial charge on any atom is 0.303 e. The van der Waals surface area contributed by atoms with E-state index in [1.165, 1.54) is 12.8 Å². The fourth-order valence-electron chi connectivity index (χ4n) is 4.15. The minimum absolute atomic E-state index is 0.244. The number of fused-ring (bicyclic) bond motifs is 2. The summed E-state index contributed by atoms with van der Waals surface area (Å²) in [5.74, 6) is 0.902. The number of rotatable bonds is 12. The molecular weight excluding hydrogens is 316 g/mol. The van der Waals surface area contributed by atoms with E-state index in [-0.39, 0.29) is 12.5 Å². The molecule has 2 aliphatic rings. The highest BCUT2D eigenvalue weighted by molar-refractivity contribution is 5.66. The molecule has 1 aliphatic heterocycles. The van der Waals surface area contributed by atoms with Gasteiger partial charge in [0.25, 0.3) is 0 Å². The fourth-order valence-corrected chi connectivity index (χ4v) is 4.15. The first-order valence-corrected chi connectivity index (χ1v) is 9.96. The predicted molar refractivity (Wildman–Crippen MR) is 99.4 cm³/mol. The van der Waals surface area contributed by atoms with Gasteiger partial charge in [-0.1, -0.05) is 50.5 Å². The minimum Gasteiger partial charge on any atom is -0.481 e. The van der Waals surface area contributed by atoms with Crippen LogP contribution in [0.5, 0.6) is 0 Å². The van der Waals surface area contributed by atoms with Crippen LogP contribution in [0.2, 0.25) is 0 Å². The molecule has 4 heteroatoms. The van der Waals surface area contributed by atoms with Crippen LogP contribution < -0.4 is 0 Å². The van der Waals surface area contributed by atoms with E-state index in [9.17, 15) is 9.90 Å². The van der Waals surface area contributed by atoms with Gasteiger partial charge in [0.15, 0.2) is 0 Å². The number of carboxylic acid groups (broad SMARTS) is 1. The molecule has 0 aromatic rings. The first-order valence-electron chi connectivity index (χ1n) is 9.96. The molecule has 0 aromatic heterocycles. The highest BCUT2D eigenvalue weighted by atomic mass is 16.5. The lowest BCUT2D eigenvalue weighted by molar-refractivity contribution is -0.137. The number of hydrogen-bond donors (Lipinski definition) is 2. The van der Waals surface area contributed by atoms with E-state index < -0.39 is 5.97 Å². The Bertz CT molecular complexity index is 457. The molecule has 0 spiro atoms. The van der Waals surface area contributed by atoms with Gasteiger partial charge >= 0.3 is 5.97 Å². The zero-order valence-corrected chi connectivity index (χ0v) is 15.5. The van der Waals surface area contributed by atoms with Gasteiger partial charge in [-0.25, -0.2) is 0 Å². The van der Waals surface area contributed by atoms with Crippen LogP contribution in [0.3, 0.4) is 0 Å². The summed E-state index contributed by atoms with van der Waals surface area (Å²) in [5.41, 5.74) is 0. The minimum atomic E-state index is -0.721. The molecule has 142 valence electrons. The van der Waals surface area contributed by atoms with Crippen molar-refractivity contribution in [3.63, 3.8) is 0 Å².